The molecule has 22 heavy (non-hydrogen) atoms. The normalized spacial score (nSPS) is 15.5. The van der Waals surface area contributed by atoms with Gasteiger partial charge in [0.15, 0.2) is 0 Å². The van der Waals surface area contributed by atoms with Crippen molar-refractivity contribution in [2.75, 3.05) is 0 Å². The smallest absolute Gasteiger partial charge is 0.0991 e. The van der Waals surface area contributed by atoms with Crippen LogP contribution < -0.4 is 0 Å². The van der Waals surface area contributed by atoms with Gasteiger partial charge in [0.2, 0.25) is 0 Å². The van der Waals surface area contributed by atoms with Crippen molar-refractivity contribution >= 4 is 0 Å². The molecule has 0 saturated heterocycles. The molecule has 1 saturated carbocycles. The Balaban J connectivity index is 1.74. The zero-order chi connectivity index (χ0) is 15.4. The first-order valence-electron chi connectivity index (χ1n) is 8.03. The van der Waals surface area contributed by atoms with Crippen LogP contribution in [0.2, 0.25) is 0 Å². The van der Waals surface area contributed by atoms with E-state index in [1.54, 1.807) is 0 Å². The third-order valence-electron chi connectivity index (χ3n) is 4.58. The van der Waals surface area contributed by atoms with Crippen LogP contribution in [0.1, 0.15) is 36.5 Å². The average molecular weight is 290 g/mol. The molecule has 2 heteroatoms. The Morgan fingerprint density at radius 3 is 2.14 bits per heavy atom. The molecule has 1 atom stereocenters. The molecular formula is C20H22N2. The molecule has 1 aliphatic rings. The number of nitriles is 1. The molecule has 0 heterocycles. The van der Waals surface area contributed by atoms with Crippen molar-refractivity contribution in [3.63, 3.8) is 0 Å². The molecule has 2 aromatic carbocycles. The third kappa shape index (κ3) is 3.75. The van der Waals surface area contributed by atoms with Crippen molar-refractivity contribution in [3.05, 3.63) is 71.3 Å². The van der Waals surface area contributed by atoms with Gasteiger partial charge in [-0.1, -0.05) is 42.5 Å². The third-order valence-corrected chi connectivity index (χ3v) is 4.58. The summed E-state index contributed by atoms with van der Waals surface area (Å²) < 4.78 is 0. The summed E-state index contributed by atoms with van der Waals surface area (Å²) in [5.74, 6) is 0.849. The standard InChI is InChI=1S/C20H22N2/c1-16(20-11-12-20)22(14-18-5-3-2-4-6-18)15-19-9-7-17(13-21)8-10-19/h2-10,16,20H,11-12,14-15H2,1H3. The zero-order valence-corrected chi connectivity index (χ0v) is 13.1. The summed E-state index contributed by atoms with van der Waals surface area (Å²) in [6.07, 6.45) is 2.72. The molecule has 0 aliphatic heterocycles. The van der Waals surface area contributed by atoms with E-state index in [2.05, 4.69) is 60.4 Å². The number of hydrogen-bond donors (Lipinski definition) is 0. The summed E-state index contributed by atoms with van der Waals surface area (Å²) in [5.41, 5.74) is 3.37. The van der Waals surface area contributed by atoms with E-state index in [0.717, 1.165) is 24.6 Å². The summed E-state index contributed by atoms with van der Waals surface area (Å²) >= 11 is 0. The first-order chi connectivity index (χ1) is 10.8. The topological polar surface area (TPSA) is 27.0 Å². The maximum absolute atomic E-state index is 8.91. The highest BCUT2D eigenvalue weighted by Gasteiger charge is 2.31. The fourth-order valence-corrected chi connectivity index (χ4v) is 2.96. The van der Waals surface area contributed by atoms with E-state index in [1.165, 1.54) is 24.0 Å². The maximum atomic E-state index is 8.91. The summed E-state index contributed by atoms with van der Waals surface area (Å²) in [6, 6.07) is 21.5. The monoisotopic (exact) mass is 290 g/mol. The molecule has 2 aromatic rings. The van der Waals surface area contributed by atoms with Crippen LogP contribution >= 0.6 is 0 Å². The van der Waals surface area contributed by atoms with Crippen LogP contribution in [0.3, 0.4) is 0 Å². The van der Waals surface area contributed by atoms with Gasteiger partial charge in [-0.05, 0) is 48.9 Å². The Bertz CT molecular complexity index is 636. The van der Waals surface area contributed by atoms with Crippen molar-refractivity contribution < 1.29 is 0 Å². The molecule has 1 unspecified atom stereocenters. The van der Waals surface area contributed by atoms with Crippen LogP contribution in [0, 0.1) is 17.2 Å². The summed E-state index contributed by atoms with van der Waals surface area (Å²) in [6.45, 7) is 4.28. The average Bonchev–Trinajstić information content (AvgIpc) is 3.40. The molecule has 112 valence electrons. The van der Waals surface area contributed by atoms with E-state index in [4.69, 9.17) is 5.26 Å². The summed E-state index contributed by atoms with van der Waals surface area (Å²) in [5, 5.41) is 8.91. The van der Waals surface area contributed by atoms with Crippen LogP contribution in [-0.4, -0.2) is 10.9 Å². The SMILES string of the molecule is CC(C1CC1)N(Cc1ccccc1)Cc1ccc(C#N)cc1. The van der Waals surface area contributed by atoms with E-state index in [1.807, 2.05) is 12.1 Å². The largest absolute Gasteiger partial charge is 0.292 e. The lowest BCUT2D eigenvalue weighted by molar-refractivity contribution is 0.172. The molecule has 0 spiro atoms. The fraction of sp³-hybridized carbons (Fsp3) is 0.350. The van der Waals surface area contributed by atoms with E-state index in [0.29, 0.717) is 6.04 Å². The lowest BCUT2D eigenvalue weighted by Crippen LogP contribution is -2.33. The first-order valence-corrected chi connectivity index (χ1v) is 8.03. The minimum Gasteiger partial charge on any atom is -0.292 e. The molecule has 1 fully saturated rings. The van der Waals surface area contributed by atoms with Crippen molar-refractivity contribution in [2.45, 2.75) is 38.9 Å². The van der Waals surface area contributed by atoms with E-state index >= 15 is 0 Å². The van der Waals surface area contributed by atoms with E-state index < -0.39 is 0 Å². The molecule has 0 N–H and O–H groups in total. The Kier molecular flexibility index (Phi) is 4.56. The van der Waals surface area contributed by atoms with Crippen LogP contribution in [0.25, 0.3) is 0 Å². The van der Waals surface area contributed by atoms with Gasteiger partial charge in [0.25, 0.3) is 0 Å². The van der Waals surface area contributed by atoms with Gasteiger partial charge >= 0.3 is 0 Å². The van der Waals surface area contributed by atoms with Gasteiger partial charge in [0.1, 0.15) is 0 Å². The molecule has 2 nitrogen and oxygen atoms in total. The molecule has 3 rings (SSSR count). The molecule has 0 amide bonds. The van der Waals surface area contributed by atoms with Crippen molar-refractivity contribution in [1.29, 1.82) is 5.26 Å². The molecule has 0 radical (unpaired) electrons. The number of rotatable bonds is 6. The second-order valence-corrected chi connectivity index (χ2v) is 6.28. The second-order valence-electron chi connectivity index (χ2n) is 6.28. The second kappa shape index (κ2) is 6.77. The van der Waals surface area contributed by atoms with Gasteiger partial charge in [0.05, 0.1) is 11.6 Å². The Morgan fingerprint density at radius 1 is 1.00 bits per heavy atom. The van der Waals surface area contributed by atoms with Crippen LogP contribution in [0.5, 0.6) is 0 Å². The van der Waals surface area contributed by atoms with Gasteiger partial charge < -0.3 is 0 Å². The van der Waals surface area contributed by atoms with Crippen molar-refractivity contribution in [3.8, 4) is 6.07 Å². The van der Waals surface area contributed by atoms with Gasteiger partial charge in [-0.15, -0.1) is 0 Å². The fourth-order valence-electron chi connectivity index (χ4n) is 2.96. The predicted octanol–water partition coefficient (Wildman–Crippen LogP) is 4.36. The van der Waals surface area contributed by atoms with Gasteiger partial charge in [-0.2, -0.15) is 5.26 Å². The van der Waals surface area contributed by atoms with Gasteiger partial charge in [-0.25, -0.2) is 0 Å². The van der Waals surface area contributed by atoms with E-state index in [9.17, 15) is 0 Å². The van der Waals surface area contributed by atoms with Crippen molar-refractivity contribution in [1.82, 2.24) is 4.90 Å². The van der Waals surface area contributed by atoms with Crippen LogP contribution in [0.4, 0.5) is 0 Å². The molecule has 0 bridgehead atoms. The first kappa shape index (κ1) is 14.8. The van der Waals surface area contributed by atoms with Crippen LogP contribution in [-0.2, 0) is 13.1 Å². The Hall–Kier alpha value is -2.11. The number of nitrogens with zero attached hydrogens (tertiary/aromatic N) is 2. The predicted molar refractivity (Wildman–Crippen MR) is 89.0 cm³/mol. The molecular weight excluding hydrogens is 268 g/mol. The highest BCUT2D eigenvalue weighted by atomic mass is 15.2. The zero-order valence-electron chi connectivity index (χ0n) is 13.1. The Morgan fingerprint density at radius 2 is 1.59 bits per heavy atom. The number of hydrogen-bond acceptors (Lipinski definition) is 2. The molecule has 0 aromatic heterocycles. The minimum atomic E-state index is 0.607. The number of benzene rings is 2. The minimum absolute atomic E-state index is 0.607. The lowest BCUT2D eigenvalue weighted by atomic mass is 10.1. The van der Waals surface area contributed by atoms with Crippen molar-refractivity contribution in [2.24, 2.45) is 5.92 Å². The maximum Gasteiger partial charge on any atom is 0.0991 e. The highest BCUT2D eigenvalue weighted by molar-refractivity contribution is 5.31. The van der Waals surface area contributed by atoms with Crippen LogP contribution in [0.15, 0.2) is 54.6 Å². The summed E-state index contributed by atoms with van der Waals surface area (Å²) in [4.78, 5) is 2.56. The molecule has 1 aliphatic carbocycles. The lowest BCUT2D eigenvalue weighted by Gasteiger charge is -2.29. The highest BCUT2D eigenvalue weighted by Crippen LogP contribution is 2.36. The van der Waals surface area contributed by atoms with Gasteiger partial charge in [-0.3, -0.25) is 4.90 Å². The quantitative estimate of drug-likeness (QED) is 0.790. The Labute approximate surface area is 133 Å². The summed E-state index contributed by atoms with van der Waals surface area (Å²) in [7, 11) is 0. The van der Waals surface area contributed by atoms with E-state index in [-0.39, 0.29) is 0 Å². The van der Waals surface area contributed by atoms with Gasteiger partial charge in [0, 0.05) is 19.1 Å².